The van der Waals surface area contributed by atoms with Gasteiger partial charge < -0.3 is 4.74 Å². The van der Waals surface area contributed by atoms with Crippen molar-refractivity contribution < 1.29 is 13.5 Å². The van der Waals surface area contributed by atoms with E-state index in [-0.39, 0.29) is 11.6 Å². The molecule has 2 rings (SSSR count). The summed E-state index contributed by atoms with van der Waals surface area (Å²) in [4.78, 5) is 0. The summed E-state index contributed by atoms with van der Waals surface area (Å²) in [5.74, 6) is -1.72. The number of nitrogens with zero attached hydrogens (tertiary/aromatic N) is 2. The van der Waals surface area contributed by atoms with Crippen LogP contribution >= 0.6 is 11.6 Å². The number of ether oxygens (including phenoxy) is 1. The van der Waals surface area contributed by atoms with E-state index in [2.05, 4.69) is 5.10 Å². The molecule has 0 aliphatic heterocycles. The highest BCUT2D eigenvalue weighted by Crippen LogP contribution is 2.28. The zero-order valence-electron chi connectivity index (χ0n) is 8.95. The molecule has 2 aromatic rings. The quantitative estimate of drug-likeness (QED) is 0.791. The van der Waals surface area contributed by atoms with Gasteiger partial charge >= 0.3 is 0 Å². The molecule has 6 heteroatoms. The third kappa shape index (κ3) is 2.55. The summed E-state index contributed by atoms with van der Waals surface area (Å²) in [5, 5.41) is 3.83. The monoisotopic (exact) mass is 258 g/mol. The maximum absolute atomic E-state index is 13.5. The van der Waals surface area contributed by atoms with Crippen molar-refractivity contribution in [2.24, 2.45) is 7.05 Å². The lowest BCUT2D eigenvalue weighted by atomic mass is 10.2. The number of benzene rings is 1. The lowest BCUT2D eigenvalue weighted by molar-refractivity contribution is 0.406. The molecule has 0 N–H and O–H groups in total. The highest BCUT2D eigenvalue weighted by molar-refractivity contribution is 6.17. The summed E-state index contributed by atoms with van der Waals surface area (Å²) in [7, 11) is 1.68. The van der Waals surface area contributed by atoms with Gasteiger partial charge in [-0.05, 0) is 17.7 Å². The van der Waals surface area contributed by atoms with Crippen LogP contribution in [0.15, 0.2) is 24.5 Å². The minimum Gasteiger partial charge on any atom is -0.448 e. The van der Waals surface area contributed by atoms with Crippen molar-refractivity contribution >= 4 is 11.6 Å². The first-order valence-corrected chi connectivity index (χ1v) is 5.34. The summed E-state index contributed by atoms with van der Waals surface area (Å²) in [6.45, 7) is 0. The highest BCUT2D eigenvalue weighted by atomic mass is 35.5. The van der Waals surface area contributed by atoms with Crippen molar-refractivity contribution in [1.29, 1.82) is 0 Å². The fourth-order valence-electron chi connectivity index (χ4n) is 1.36. The lowest BCUT2D eigenvalue weighted by Crippen LogP contribution is -1.94. The van der Waals surface area contributed by atoms with Gasteiger partial charge in [0, 0.05) is 12.9 Å². The van der Waals surface area contributed by atoms with E-state index >= 15 is 0 Å². The van der Waals surface area contributed by atoms with Crippen LogP contribution in [0.3, 0.4) is 0 Å². The maximum Gasteiger partial charge on any atom is 0.198 e. The van der Waals surface area contributed by atoms with Crippen LogP contribution < -0.4 is 4.74 Å². The van der Waals surface area contributed by atoms with Crippen LogP contribution in [-0.2, 0) is 12.9 Å². The molecule has 0 atom stereocenters. The topological polar surface area (TPSA) is 27.1 Å². The number of alkyl halides is 1. The minimum atomic E-state index is -0.787. The molecule has 90 valence electrons. The van der Waals surface area contributed by atoms with Gasteiger partial charge in [-0.3, -0.25) is 4.68 Å². The zero-order valence-corrected chi connectivity index (χ0v) is 9.71. The van der Waals surface area contributed by atoms with E-state index < -0.39 is 17.4 Å². The molecule has 0 fully saturated rings. The Labute approximate surface area is 102 Å². The van der Waals surface area contributed by atoms with Crippen molar-refractivity contribution in [3.8, 4) is 11.5 Å². The van der Waals surface area contributed by atoms with E-state index in [4.69, 9.17) is 16.3 Å². The van der Waals surface area contributed by atoms with E-state index in [0.29, 0.717) is 5.56 Å². The molecule has 1 heterocycles. The fraction of sp³-hybridized carbons (Fsp3) is 0.182. The number of aromatic nitrogens is 2. The summed E-state index contributed by atoms with van der Waals surface area (Å²) >= 11 is 5.50. The normalized spacial score (nSPS) is 10.6. The SMILES string of the molecule is Cn1cc(Oc2c(F)cc(CCl)cc2F)cn1. The Kier molecular flexibility index (Phi) is 3.28. The van der Waals surface area contributed by atoms with Gasteiger partial charge in [0.05, 0.1) is 12.4 Å². The molecule has 0 radical (unpaired) electrons. The van der Waals surface area contributed by atoms with Crippen molar-refractivity contribution in [2.75, 3.05) is 0 Å². The number of aryl methyl sites for hydroxylation is 1. The molecule has 0 amide bonds. The molecule has 17 heavy (non-hydrogen) atoms. The molecule has 1 aromatic heterocycles. The second-order valence-electron chi connectivity index (χ2n) is 3.47. The standard InChI is InChI=1S/C11H9ClF2N2O/c1-16-6-8(5-15-16)17-11-9(13)2-7(4-12)3-10(11)14/h2-3,5-6H,4H2,1H3. The number of hydrogen-bond donors (Lipinski definition) is 0. The molecule has 0 saturated heterocycles. The molecular weight excluding hydrogens is 250 g/mol. The highest BCUT2D eigenvalue weighted by Gasteiger charge is 2.14. The van der Waals surface area contributed by atoms with Crippen LogP contribution in [0.25, 0.3) is 0 Å². The smallest absolute Gasteiger partial charge is 0.198 e. The Bertz CT molecular complexity index is 519. The van der Waals surface area contributed by atoms with Crippen molar-refractivity contribution in [3.63, 3.8) is 0 Å². The predicted octanol–water partition coefficient (Wildman–Crippen LogP) is 3.23. The molecule has 0 saturated carbocycles. The second-order valence-corrected chi connectivity index (χ2v) is 3.74. The lowest BCUT2D eigenvalue weighted by Gasteiger charge is -2.06. The minimum absolute atomic E-state index is 0.0427. The third-order valence-electron chi connectivity index (χ3n) is 2.11. The predicted molar refractivity (Wildman–Crippen MR) is 59.2 cm³/mol. The summed E-state index contributed by atoms with van der Waals surface area (Å²) in [5.41, 5.74) is 0.361. The Balaban J connectivity index is 2.33. The molecule has 0 unspecified atom stereocenters. The first-order chi connectivity index (χ1) is 8.10. The average molecular weight is 259 g/mol. The van der Waals surface area contributed by atoms with E-state index in [1.807, 2.05) is 0 Å². The van der Waals surface area contributed by atoms with Crippen molar-refractivity contribution in [3.05, 3.63) is 41.7 Å². The average Bonchev–Trinajstić information content (AvgIpc) is 2.69. The third-order valence-corrected chi connectivity index (χ3v) is 2.42. The van der Waals surface area contributed by atoms with E-state index in [9.17, 15) is 8.78 Å². The number of rotatable bonds is 3. The van der Waals surface area contributed by atoms with Gasteiger partial charge in [0.2, 0.25) is 0 Å². The van der Waals surface area contributed by atoms with E-state index in [0.717, 1.165) is 12.1 Å². The summed E-state index contributed by atoms with van der Waals surface area (Å²) in [6.07, 6.45) is 2.88. The largest absolute Gasteiger partial charge is 0.448 e. The van der Waals surface area contributed by atoms with Gasteiger partial charge in [0.25, 0.3) is 0 Å². The van der Waals surface area contributed by atoms with E-state index in [1.165, 1.54) is 17.1 Å². The van der Waals surface area contributed by atoms with Crippen molar-refractivity contribution in [2.45, 2.75) is 5.88 Å². The molecule has 1 aromatic carbocycles. The van der Waals surface area contributed by atoms with Gasteiger partial charge in [-0.25, -0.2) is 8.78 Å². The Morgan fingerprint density at radius 3 is 2.47 bits per heavy atom. The molecule has 0 bridgehead atoms. The molecule has 3 nitrogen and oxygen atoms in total. The first kappa shape index (κ1) is 11.9. The molecule has 0 spiro atoms. The Morgan fingerprint density at radius 1 is 1.35 bits per heavy atom. The van der Waals surface area contributed by atoms with Crippen LogP contribution in [-0.4, -0.2) is 9.78 Å². The van der Waals surface area contributed by atoms with E-state index in [1.54, 1.807) is 7.05 Å². The Hall–Kier alpha value is -1.62. The van der Waals surface area contributed by atoms with Gasteiger partial charge in [0.1, 0.15) is 0 Å². The van der Waals surface area contributed by atoms with Crippen LogP contribution in [0.2, 0.25) is 0 Å². The van der Waals surface area contributed by atoms with Gasteiger partial charge in [-0.1, -0.05) is 0 Å². The van der Waals surface area contributed by atoms with Crippen molar-refractivity contribution in [1.82, 2.24) is 9.78 Å². The van der Waals surface area contributed by atoms with Crippen LogP contribution in [0.1, 0.15) is 5.56 Å². The van der Waals surface area contributed by atoms with Gasteiger partial charge in [0.15, 0.2) is 23.1 Å². The molecular formula is C11H9ClF2N2O. The fourth-order valence-corrected chi connectivity index (χ4v) is 1.51. The summed E-state index contributed by atoms with van der Waals surface area (Å²) < 4.78 is 33.6. The summed E-state index contributed by atoms with van der Waals surface area (Å²) in [6, 6.07) is 2.28. The Morgan fingerprint density at radius 2 is 2.00 bits per heavy atom. The second kappa shape index (κ2) is 4.71. The number of hydrogen-bond acceptors (Lipinski definition) is 2. The molecule has 0 aliphatic rings. The zero-order chi connectivity index (χ0) is 12.4. The van der Waals surface area contributed by atoms with Gasteiger partial charge in [-0.15, -0.1) is 11.6 Å². The van der Waals surface area contributed by atoms with Gasteiger partial charge in [-0.2, -0.15) is 5.10 Å². The van der Waals surface area contributed by atoms with Crippen LogP contribution in [0, 0.1) is 11.6 Å². The maximum atomic E-state index is 13.5. The van der Waals surface area contributed by atoms with Crippen LogP contribution in [0.5, 0.6) is 11.5 Å². The molecule has 0 aliphatic carbocycles. The van der Waals surface area contributed by atoms with Crippen LogP contribution in [0.4, 0.5) is 8.78 Å². The number of halogens is 3. The first-order valence-electron chi connectivity index (χ1n) is 4.80.